The highest BCUT2D eigenvalue weighted by Gasteiger charge is 2.25. The monoisotopic (exact) mass is 366 g/mol. The van der Waals surface area contributed by atoms with Crippen LogP contribution in [0, 0.1) is 0 Å². The van der Waals surface area contributed by atoms with Gasteiger partial charge in [-0.25, -0.2) is 0 Å². The molecule has 2 aromatic rings. The fraction of sp³-hybridized carbons (Fsp3) is 0.412. The van der Waals surface area contributed by atoms with E-state index in [4.69, 9.17) is 5.73 Å². The molecule has 2 nitrogen and oxygen atoms in total. The standard InChI is InChI=1S/C17H23BrN2S/c1-3-16(19)17(13-7-9-14(18)10-8-13)20(4-2)12-15-6-5-11-21-15/h5-11,16-17H,3-4,12,19H2,1-2H3. The van der Waals surface area contributed by atoms with Crippen LogP contribution in [0.2, 0.25) is 0 Å². The lowest BCUT2D eigenvalue weighted by Crippen LogP contribution is -2.40. The Morgan fingerprint density at radius 3 is 2.43 bits per heavy atom. The molecule has 0 amide bonds. The number of thiophene rings is 1. The molecular formula is C17H23BrN2S. The Balaban J connectivity index is 2.26. The second-order valence-corrected chi connectivity index (χ2v) is 7.16. The normalized spacial score (nSPS) is 14.3. The first-order valence-corrected chi connectivity index (χ1v) is 9.10. The van der Waals surface area contributed by atoms with Gasteiger partial charge in [-0.15, -0.1) is 11.3 Å². The Kier molecular flexibility index (Phi) is 6.42. The van der Waals surface area contributed by atoms with Gasteiger partial charge >= 0.3 is 0 Å². The molecule has 2 rings (SSSR count). The van der Waals surface area contributed by atoms with Crippen molar-refractivity contribution in [2.75, 3.05) is 6.54 Å². The van der Waals surface area contributed by atoms with Crippen molar-refractivity contribution in [1.29, 1.82) is 0 Å². The van der Waals surface area contributed by atoms with E-state index in [0.717, 1.165) is 24.0 Å². The summed E-state index contributed by atoms with van der Waals surface area (Å²) in [7, 11) is 0. The summed E-state index contributed by atoms with van der Waals surface area (Å²) >= 11 is 5.32. The first-order chi connectivity index (χ1) is 10.2. The Bertz CT molecular complexity index is 524. The summed E-state index contributed by atoms with van der Waals surface area (Å²) in [6.07, 6.45) is 0.974. The lowest BCUT2D eigenvalue weighted by molar-refractivity contribution is 0.171. The predicted octanol–water partition coefficient (Wildman–Crippen LogP) is 4.81. The molecule has 0 fully saturated rings. The fourth-order valence-corrected chi connectivity index (χ4v) is 3.62. The molecular weight excluding hydrogens is 344 g/mol. The van der Waals surface area contributed by atoms with Gasteiger partial charge in [0.2, 0.25) is 0 Å². The summed E-state index contributed by atoms with van der Waals surface area (Å²) in [6, 6.07) is 13.3. The molecule has 0 spiro atoms. The minimum Gasteiger partial charge on any atom is -0.326 e. The molecule has 0 bridgehead atoms. The minimum absolute atomic E-state index is 0.145. The van der Waals surface area contributed by atoms with Crippen LogP contribution in [0.15, 0.2) is 46.3 Å². The molecule has 0 aliphatic carbocycles. The van der Waals surface area contributed by atoms with E-state index in [9.17, 15) is 0 Å². The molecule has 1 aromatic carbocycles. The lowest BCUT2D eigenvalue weighted by atomic mass is 9.96. The van der Waals surface area contributed by atoms with E-state index in [-0.39, 0.29) is 12.1 Å². The number of hydrogen-bond acceptors (Lipinski definition) is 3. The number of likely N-dealkylation sites (N-methyl/N-ethyl adjacent to an activating group) is 1. The summed E-state index contributed by atoms with van der Waals surface area (Å²) in [4.78, 5) is 3.87. The van der Waals surface area contributed by atoms with Crippen molar-refractivity contribution in [1.82, 2.24) is 4.90 Å². The minimum atomic E-state index is 0.145. The van der Waals surface area contributed by atoms with Crippen LogP contribution in [-0.4, -0.2) is 17.5 Å². The van der Waals surface area contributed by atoms with Crippen molar-refractivity contribution < 1.29 is 0 Å². The maximum absolute atomic E-state index is 6.44. The number of hydrogen-bond donors (Lipinski definition) is 1. The van der Waals surface area contributed by atoms with Crippen molar-refractivity contribution in [3.63, 3.8) is 0 Å². The highest BCUT2D eigenvalue weighted by atomic mass is 79.9. The van der Waals surface area contributed by atoms with E-state index in [1.165, 1.54) is 10.4 Å². The fourth-order valence-electron chi connectivity index (χ4n) is 2.62. The molecule has 0 radical (unpaired) electrons. The first-order valence-electron chi connectivity index (χ1n) is 7.43. The molecule has 1 aromatic heterocycles. The van der Waals surface area contributed by atoms with Crippen molar-refractivity contribution in [2.45, 2.75) is 38.9 Å². The van der Waals surface area contributed by atoms with Crippen LogP contribution in [0.25, 0.3) is 0 Å². The van der Waals surface area contributed by atoms with Gasteiger partial charge in [0.1, 0.15) is 0 Å². The molecule has 0 aliphatic rings. The largest absolute Gasteiger partial charge is 0.326 e. The molecule has 2 unspecified atom stereocenters. The number of benzene rings is 1. The van der Waals surface area contributed by atoms with Crippen molar-refractivity contribution in [2.24, 2.45) is 5.73 Å². The summed E-state index contributed by atoms with van der Waals surface area (Å²) in [5.74, 6) is 0. The molecule has 4 heteroatoms. The second-order valence-electron chi connectivity index (χ2n) is 5.21. The molecule has 114 valence electrons. The quantitative estimate of drug-likeness (QED) is 0.761. The van der Waals surface area contributed by atoms with Gasteiger partial charge in [0.15, 0.2) is 0 Å². The zero-order chi connectivity index (χ0) is 15.2. The third-order valence-corrected chi connectivity index (χ3v) is 5.22. The van der Waals surface area contributed by atoms with Crippen molar-refractivity contribution in [3.05, 3.63) is 56.7 Å². The molecule has 0 saturated carbocycles. The highest BCUT2D eigenvalue weighted by Crippen LogP contribution is 2.28. The molecule has 21 heavy (non-hydrogen) atoms. The van der Waals surface area contributed by atoms with Crippen LogP contribution >= 0.6 is 27.3 Å². The highest BCUT2D eigenvalue weighted by molar-refractivity contribution is 9.10. The zero-order valence-corrected chi connectivity index (χ0v) is 15.0. The van der Waals surface area contributed by atoms with E-state index in [1.54, 1.807) is 0 Å². The Morgan fingerprint density at radius 1 is 1.19 bits per heavy atom. The van der Waals surface area contributed by atoms with Crippen LogP contribution in [0.1, 0.15) is 36.8 Å². The van der Waals surface area contributed by atoms with Crippen LogP contribution < -0.4 is 5.73 Å². The molecule has 1 heterocycles. The van der Waals surface area contributed by atoms with E-state index in [1.807, 2.05) is 11.3 Å². The maximum Gasteiger partial charge on any atom is 0.0502 e. The van der Waals surface area contributed by atoms with Gasteiger partial charge in [0, 0.05) is 21.9 Å². The van der Waals surface area contributed by atoms with E-state index in [0.29, 0.717) is 0 Å². The van der Waals surface area contributed by atoms with Gasteiger partial charge < -0.3 is 5.73 Å². The molecule has 2 N–H and O–H groups in total. The summed E-state index contributed by atoms with van der Waals surface area (Å²) in [6.45, 7) is 6.33. The number of halogens is 1. The smallest absolute Gasteiger partial charge is 0.0502 e. The first kappa shape index (κ1) is 16.7. The number of nitrogens with two attached hydrogens (primary N) is 1. The Hall–Kier alpha value is -0.680. The van der Waals surface area contributed by atoms with Gasteiger partial charge in [-0.2, -0.15) is 0 Å². The van der Waals surface area contributed by atoms with Crippen molar-refractivity contribution in [3.8, 4) is 0 Å². The topological polar surface area (TPSA) is 29.3 Å². The number of nitrogens with zero attached hydrogens (tertiary/aromatic N) is 1. The SMILES string of the molecule is CCC(N)C(c1ccc(Br)cc1)N(CC)Cc1cccs1. The van der Waals surface area contributed by atoms with Crippen molar-refractivity contribution >= 4 is 27.3 Å². The van der Waals surface area contributed by atoms with Gasteiger partial charge in [-0.3, -0.25) is 4.90 Å². The molecule has 0 aliphatic heterocycles. The number of rotatable bonds is 7. The zero-order valence-electron chi connectivity index (χ0n) is 12.6. The van der Waals surface area contributed by atoms with Crippen LogP contribution in [0.3, 0.4) is 0 Å². The molecule has 0 saturated heterocycles. The van der Waals surface area contributed by atoms with Gasteiger partial charge in [0.05, 0.1) is 6.04 Å². The van der Waals surface area contributed by atoms with E-state index in [2.05, 4.69) is 76.5 Å². The van der Waals surface area contributed by atoms with Crippen LogP contribution in [0.4, 0.5) is 0 Å². The van der Waals surface area contributed by atoms with Gasteiger partial charge in [-0.1, -0.05) is 48.0 Å². The second kappa shape index (κ2) is 8.08. The predicted molar refractivity (Wildman–Crippen MR) is 95.6 cm³/mol. The molecule has 2 atom stereocenters. The Morgan fingerprint density at radius 2 is 1.90 bits per heavy atom. The van der Waals surface area contributed by atoms with E-state index < -0.39 is 0 Å². The van der Waals surface area contributed by atoms with Crippen LogP contribution in [-0.2, 0) is 6.54 Å². The Labute approximate surface area is 140 Å². The lowest BCUT2D eigenvalue weighted by Gasteiger charge is -2.34. The maximum atomic E-state index is 6.44. The van der Waals surface area contributed by atoms with E-state index >= 15 is 0 Å². The summed E-state index contributed by atoms with van der Waals surface area (Å²) < 4.78 is 1.11. The third kappa shape index (κ3) is 4.39. The summed E-state index contributed by atoms with van der Waals surface area (Å²) in [5.41, 5.74) is 7.74. The van der Waals surface area contributed by atoms with Gasteiger partial charge in [0.25, 0.3) is 0 Å². The van der Waals surface area contributed by atoms with Crippen LogP contribution in [0.5, 0.6) is 0 Å². The average molecular weight is 367 g/mol. The summed E-state index contributed by atoms with van der Waals surface area (Å²) in [5, 5.41) is 2.14. The average Bonchev–Trinajstić information content (AvgIpc) is 3.01. The van der Waals surface area contributed by atoms with Gasteiger partial charge in [-0.05, 0) is 42.1 Å². The third-order valence-electron chi connectivity index (χ3n) is 3.83.